The third kappa shape index (κ3) is 5.16. The number of nitrogens with zero attached hydrogens (tertiary/aromatic N) is 1. The van der Waals surface area contributed by atoms with Crippen LogP contribution in [0, 0.1) is 11.6 Å². The normalized spacial score (nSPS) is 12.8. The molecule has 0 aliphatic rings. The Morgan fingerprint density at radius 3 is 2.29 bits per heavy atom. The van der Waals surface area contributed by atoms with E-state index in [4.69, 9.17) is 15.2 Å². The molecule has 6 heteroatoms. The van der Waals surface area contributed by atoms with Gasteiger partial charge >= 0.3 is 0 Å². The van der Waals surface area contributed by atoms with Crippen molar-refractivity contribution in [1.29, 1.82) is 0 Å². The summed E-state index contributed by atoms with van der Waals surface area (Å²) in [5, 5.41) is 0. The minimum absolute atomic E-state index is 0.0236. The van der Waals surface area contributed by atoms with E-state index < -0.39 is 17.7 Å². The molecule has 0 aliphatic carbocycles. The van der Waals surface area contributed by atoms with Gasteiger partial charge in [0, 0.05) is 12.3 Å². The Morgan fingerprint density at radius 2 is 1.67 bits per heavy atom. The molecule has 1 atom stereocenters. The van der Waals surface area contributed by atoms with Gasteiger partial charge < -0.3 is 15.2 Å². The topological polar surface area (TPSA) is 57.4 Å². The third-order valence-corrected chi connectivity index (χ3v) is 3.40. The summed E-state index contributed by atoms with van der Waals surface area (Å²) < 4.78 is 36.9. The van der Waals surface area contributed by atoms with Crippen molar-refractivity contribution in [1.82, 2.24) is 4.98 Å². The Labute approximate surface area is 140 Å². The molecule has 0 saturated heterocycles. The highest BCUT2D eigenvalue weighted by Crippen LogP contribution is 2.24. The van der Waals surface area contributed by atoms with Gasteiger partial charge in [0.2, 0.25) is 0 Å². The van der Waals surface area contributed by atoms with Crippen LogP contribution in [0.1, 0.15) is 26.3 Å². The van der Waals surface area contributed by atoms with E-state index in [1.165, 1.54) is 6.07 Å². The van der Waals surface area contributed by atoms with E-state index in [9.17, 15) is 8.78 Å². The lowest BCUT2D eigenvalue weighted by atomic mass is 9.88. The van der Waals surface area contributed by atoms with Crippen LogP contribution >= 0.6 is 0 Å². The van der Waals surface area contributed by atoms with Crippen LogP contribution in [0.3, 0.4) is 0 Å². The van der Waals surface area contributed by atoms with Gasteiger partial charge in [-0.2, -0.15) is 0 Å². The highest BCUT2D eigenvalue weighted by Gasteiger charge is 2.15. The Bertz CT molecular complexity index is 687. The highest BCUT2D eigenvalue weighted by molar-refractivity contribution is 5.28. The van der Waals surface area contributed by atoms with Crippen molar-refractivity contribution >= 4 is 0 Å². The fraction of sp³-hybridized carbons (Fsp3) is 0.389. The van der Waals surface area contributed by atoms with Gasteiger partial charge in [0.15, 0.2) is 11.6 Å². The lowest BCUT2D eigenvalue weighted by Crippen LogP contribution is -2.34. The van der Waals surface area contributed by atoms with Crippen LogP contribution in [0.15, 0.2) is 36.7 Å². The van der Waals surface area contributed by atoms with E-state index in [2.05, 4.69) is 25.8 Å². The molecule has 0 amide bonds. The zero-order valence-corrected chi connectivity index (χ0v) is 14.1. The quantitative estimate of drug-likeness (QED) is 0.878. The van der Waals surface area contributed by atoms with Crippen LogP contribution in [0.4, 0.5) is 8.78 Å². The molecule has 4 nitrogen and oxygen atoms in total. The summed E-state index contributed by atoms with van der Waals surface area (Å²) in [6.45, 7) is 6.62. The molecule has 0 radical (unpaired) electrons. The van der Waals surface area contributed by atoms with Crippen molar-refractivity contribution in [2.45, 2.75) is 32.2 Å². The van der Waals surface area contributed by atoms with Crippen molar-refractivity contribution in [3.63, 3.8) is 0 Å². The lowest BCUT2D eigenvalue weighted by Gasteiger charge is -2.20. The largest absolute Gasteiger partial charge is 0.492 e. The molecule has 2 N–H and O–H groups in total. The summed E-state index contributed by atoms with van der Waals surface area (Å²) in [6.07, 6.45) is 3.43. The van der Waals surface area contributed by atoms with Gasteiger partial charge in [-0.1, -0.05) is 20.8 Å². The molecule has 0 bridgehead atoms. The van der Waals surface area contributed by atoms with Gasteiger partial charge in [0.05, 0.1) is 12.2 Å². The predicted octanol–water partition coefficient (Wildman–Crippen LogP) is 3.44. The molecular formula is C18H22F2N2O2. The Morgan fingerprint density at radius 1 is 1.00 bits per heavy atom. The number of halogens is 2. The second kappa shape index (κ2) is 7.57. The maximum absolute atomic E-state index is 13.1. The van der Waals surface area contributed by atoms with Crippen LogP contribution in [0.2, 0.25) is 0 Å². The van der Waals surface area contributed by atoms with Crippen LogP contribution in [-0.2, 0) is 5.41 Å². The first kappa shape index (κ1) is 18.1. The van der Waals surface area contributed by atoms with Crippen LogP contribution < -0.4 is 15.2 Å². The Hall–Kier alpha value is -2.21. The SMILES string of the molecule is CC(C)(C)c1cncc(OC[C@@H](N)COc2ccc(F)c(F)c2)c1. The number of benzene rings is 1. The molecule has 24 heavy (non-hydrogen) atoms. The van der Waals surface area contributed by atoms with Gasteiger partial charge in [-0.05, 0) is 29.2 Å². The van der Waals surface area contributed by atoms with Gasteiger partial charge in [-0.15, -0.1) is 0 Å². The first-order valence-corrected chi connectivity index (χ1v) is 7.67. The summed E-state index contributed by atoms with van der Waals surface area (Å²) in [7, 11) is 0. The predicted molar refractivity (Wildman–Crippen MR) is 88.3 cm³/mol. The lowest BCUT2D eigenvalue weighted by molar-refractivity contribution is 0.219. The number of rotatable bonds is 6. The van der Waals surface area contributed by atoms with E-state index >= 15 is 0 Å². The number of aromatic nitrogens is 1. The molecule has 1 aromatic carbocycles. The first-order chi connectivity index (χ1) is 11.3. The van der Waals surface area contributed by atoms with E-state index in [0.717, 1.165) is 17.7 Å². The standard InChI is InChI=1S/C18H22F2N2O2/c1-18(2,3)12-6-15(9-22-8-12)24-11-13(21)10-23-14-4-5-16(19)17(20)7-14/h4-9,13H,10-11,21H2,1-3H3/t13-/m0/s1. The zero-order valence-electron chi connectivity index (χ0n) is 14.1. The van der Waals surface area contributed by atoms with Gasteiger partial charge in [0.1, 0.15) is 24.7 Å². The molecule has 0 unspecified atom stereocenters. The number of hydrogen-bond donors (Lipinski definition) is 1. The molecule has 2 rings (SSSR count). The molecule has 130 valence electrons. The molecule has 1 heterocycles. The maximum atomic E-state index is 13.1. The second-order valence-electron chi connectivity index (χ2n) is 6.62. The minimum Gasteiger partial charge on any atom is -0.492 e. The molecule has 0 fully saturated rings. The summed E-state index contributed by atoms with van der Waals surface area (Å²) in [5.41, 5.74) is 6.96. The van der Waals surface area contributed by atoms with E-state index in [1.807, 2.05) is 6.07 Å². The smallest absolute Gasteiger partial charge is 0.162 e. The van der Waals surface area contributed by atoms with Crippen LogP contribution in [-0.4, -0.2) is 24.2 Å². The van der Waals surface area contributed by atoms with Gasteiger partial charge in [-0.3, -0.25) is 4.98 Å². The Balaban J connectivity index is 1.85. The molecular weight excluding hydrogens is 314 g/mol. The fourth-order valence-electron chi connectivity index (χ4n) is 1.93. The van der Waals surface area contributed by atoms with Crippen molar-refractivity contribution in [2.75, 3.05) is 13.2 Å². The number of pyridine rings is 1. The van der Waals surface area contributed by atoms with Gasteiger partial charge in [-0.25, -0.2) is 8.78 Å². The van der Waals surface area contributed by atoms with E-state index in [0.29, 0.717) is 5.75 Å². The van der Waals surface area contributed by atoms with Crippen molar-refractivity contribution in [3.05, 3.63) is 53.9 Å². The summed E-state index contributed by atoms with van der Waals surface area (Å²) >= 11 is 0. The first-order valence-electron chi connectivity index (χ1n) is 7.67. The minimum atomic E-state index is -0.956. The third-order valence-electron chi connectivity index (χ3n) is 3.40. The number of ether oxygens (including phenoxy) is 2. The molecule has 1 aromatic heterocycles. The average Bonchev–Trinajstić information content (AvgIpc) is 2.53. The van der Waals surface area contributed by atoms with E-state index in [1.54, 1.807) is 12.4 Å². The van der Waals surface area contributed by atoms with Crippen molar-refractivity contribution in [3.8, 4) is 11.5 Å². The van der Waals surface area contributed by atoms with Gasteiger partial charge in [0.25, 0.3) is 0 Å². The average molecular weight is 336 g/mol. The molecule has 0 saturated carbocycles. The van der Waals surface area contributed by atoms with Crippen LogP contribution in [0.5, 0.6) is 11.5 Å². The zero-order chi connectivity index (χ0) is 17.7. The summed E-state index contributed by atoms with van der Waals surface area (Å²) in [6, 6.07) is 4.85. The van der Waals surface area contributed by atoms with E-state index in [-0.39, 0.29) is 24.4 Å². The summed E-state index contributed by atoms with van der Waals surface area (Å²) in [5.74, 6) is -1.02. The number of nitrogens with two attached hydrogens (primary N) is 1. The highest BCUT2D eigenvalue weighted by atomic mass is 19.2. The van der Waals surface area contributed by atoms with Crippen LogP contribution in [0.25, 0.3) is 0 Å². The number of hydrogen-bond acceptors (Lipinski definition) is 4. The summed E-state index contributed by atoms with van der Waals surface area (Å²) in [4.78, 5) is 4.17. The molecule has 0 spiro atoms. The maximum Gasteiger partial charge on any atom is 0.162 e. The fourth-order valence-corrected chi connectivity index (χ4v) is 1.93. The molecule has 0 aliphatic heterocycles. The second-order valence-corrected chi connectivity index (χ2v) is 6.62. The van der Waals surface area contributed by atoms with Crippen molar-refractivity contribution < 1.29 is 18.3 Å². The monoisotopic (exact) mass is 336 g/mol. The Kier molecular flexibility index (Phi) is 5.72. The molecule has 2 aromatic rings. The van der Waals surface area contributed by atoms with Crippen molar-refractivity contribution in [2.24, 2.45) is 5.73 Å².